The summed E-state index contributed by atoms with van der Waals surface area (Å²) < 4.78 is 18.5. The van der Waals surface area contributed by atoms with Gasteiger partial charge in [-0.3, -0.25) is 0 Å². The van der Waals surface area contributed by atoms with Crippen molar-refractivity contribution in [3.63, 3.8) is 0 Å². The van der Waals surface area contributed by atoms with E-state index in [4.69, 9.17) is 4.74 Å². The molecule has 1 unspecified atom stereocenters. The van der Waals surface area contributed by atoms with Crippen LogP contribution in [0, 0.1) is 12.7 Å². The molecule has 2 aromatic carbocycles. The molecule has 0 amide bonds. The molecule has 3 heteroatoms. The van der Waals surface area contributed by atoms with Crippen LogP contribution in [0.5, 0.6) is 0 Å². The number of anilines is 1. The number of hydrogen-bond acceptors (Lipinski definition) is 2. The van der Waals surface area contributed by atoms with Gasteiger partial charge in [-0.25, -0.2) is 4.39 Å². The average molecular weight is 259 g/mol. The van der Waals surface area contributed by atoms with Crippen molar-refractivity contribution < 1.29 is 9.13 Å². The molecule has 0 radical (unpaired) electrons. The van der Waals surface area contributed by atoms with Crippen molar-refractivity contribution in [1.82, 2.24) is 0 Å². The molecule has 0 aliphatic heterocycles. The van der Waals surface area contributed by atoms with Crippen LogP contribution in [0.2, 0.25) is 0 Å². The smallest absolute Gasteiger partial charge is 0.126 e. The largest absolute Gasteiger partial charge is 0.382 e. The maximum Gasteiger partial charge on any atom is 0.126 e. The first kappa shape index (κ1) is 13.6. The minimum Gasteiger partial charge on any atom is -0.382 e. The fraction of sp³-hybridized carbons (Fsp3) is 0.250. The summed E-state index contributed by atoms with van der Waals surface area (Å²) in [5, 5.41) is 3.37. The van der Waals surface area contributed by atoms with Crippen LogP contribution in [0.1, 0.15) is 17.2 Å². The first-order chi connectivity index (χ1) is 9.20. The first-order valence-electron chi connectivity index (χ1n) is 6.27. The van der Waals surface area contributed by atoms with E-state index in [1.54, 1.807) is 26.2 Å². The quantitative estimate of drug-likeness (QED) is 0.878. The minimum atomic E-state index is -0.187. The van der Waals surface area contributed by atoms with Gasteiger partial charge in [-0.2, -0.15) is 0 Å². The predicted molar refractivity (Wildman–Crippen MR) is 75.8 cm³/mol. The van der Waals surface area contributed by atoms with Gasteiger partial charge in [0.25, 0.3) is 0 Å². The van der Waals surface area contributed by atoms with Gasteiger partial charge in [0, 0.05) is 12.8 Å². The molecule has 1 atom stereocenters. The molecule has 0 saturated heterocycles. The Kier molecular flexibility index (Phi) is 4.53. The Morgan fingerprint density at radius 1 is 1.16 bits per heavy atom. The van der Waals surface area contributed by atoms with Crippen LogP contribution in [-0.2, 0) is 4.74 Å². The van der Waals surface area contributed by atoms with Crippen LogP contribution in [0.15, 0.2) is 48.5 Å². The van der Waals surface area contributed by atoms with Crippen LogP contribution in [0.25, 0.3) is 0 Å². The summed E-state index contributed by atoms with van der Waals surface area (Å²) in [6.45, 7) is 2.31. The highest BCUT2D eigenvalue weighted by Gasteiger charge is 2.11. The van der Waals surface area contributed by atoms with E-state index in [1.807, 2.05) is 30.3 Å². The SMILES string of the molecule is COCC(Nc1ccc(F)c(C)c1)c1ccccc1. The average Bonchev–Trinajstić information content (AvgIpc) is 2.43. The molecule has 100 valence electrons. The maximum absolute atomic E-state index is 13.3. The second-order valence-electron chi connectivity index (χ2n) is 4.53. The minimum absolute atomic E-state index is 0.0519. The Bertz CT molecular complexity index is 528. The third-order valence-electron chi connectivity index (χ3n) is 3.03. The molecule has 19 heavy (non-hydrogen) atoms. The summed E-state index contributed by atoms with van der Waals surface area (Å²) in [5.74, 6) is -0.187. The van der Waals surface area contributed by atoms with Crippen molar-refractivity contribution in [2.45, 2.75) is 13.0 Å². The monoisotopic (exact) mass is 259 g/mol. The van der Waals surface area contributed by atoms with E-state index in [-0.39, 0.29) is 11.9 Å². The van der Waals surface area contributed by atoms with Gasteiger partial charge in [0.05, 0.1) is 12.6 Å². The number of methoxy groups -OCH3 is 1. The van der Waals surface area contributed by atoms with Crippen molar-refractivity contribution in [2.24, 2.45) is 0 Å². The Labute approximate surface area is 113 Å². The van der Waals surface area contributed by atoms with Gasteiger partial charge in [0.1, 0.15) is 5.82 Å². The molecule has 2 aromatic rings. The van der Waals surface area contributed by atoms with Gasteiger partial charge in [0.2, 0.25) is 0 Å². The van der Waals surface area contributed by atoms with Gasteiger partial charge < -0.3 is 10.1 Å². The van der Waals surface area contributed by atoms with E-state index in [0.29, 0.717) is 12.2 Å². The second-order valence-corrected chi connectivity index (χ2v) is 4.53. The van der Waals surface area contributed by atoms with Gasteiger partial charge in [-0.05, 0) is 36.2 Å². The molecule has 0 fully saturated rings. The van der Waals surface area contributed by atoms with E-state index < -0.39 is 0 Å². The third kappa shape index (κ3) is 3.55. The lowest BCUT2D eigenvalue weighted by Crippen LogP contribution is -2.16. The predicted octanol–water partition coefficient (Wildman–Crippen LogP) is 3.93. The van der Waals surface area contributed by atoms with Crippen molar-refractivity contribution in [3.8, 4) is 0 Å². The Hall–Kier alpha value is -1.87. The van der Waals surface area contributed by atoms with Crippen LogP contribution in [0.3, 0.4) is 0 Å². The highest BCUT2D eigenvalue weighted by atomic mass is 19.1. The summed E-state index contributed by atoms with van der Waals surface area (Å²) in [5.41, 5.74) is 2.67. The molecular formula is C16H18FNO. The molecule has 0 aliphatic carbocycles. The molecule has 0 bridgehead atoms. The number of halogens is 1. The Morgan fingerprint density at radius 2 is 1.89 bits per heavy atom. The molecule has 2 rings (SSSR count). The summed E-state index contributed by atoms with van der Waals surface area (Å²) in [7, 11) is 1.67. The van der Waals surface area contributed by atoms with E-state index in [9.17, 15) is 4.39 Å². The number of aryl methyl sites for hydroxylation is 1. The zero-order valence-corrected chi connectivity index (χ0v) is 11.2. The molecule has 0 saturated carbocycles. The summed E-state index contributed by atoms with van der Waals surface area (Å²) in [4.78, 5) is 0. The topological polar surface area (TPSA) is 21.3 Å². The number of ether oxygens (including phenoxy) is 1. The fourth-order valence-corrected chi connectivity index (χ4v) is 2.01. The lowest BCUT2D eigenvalue weighted by molar-refractivity contribution is 0.186. The summed E-state index contributed by atoms with van der Waals surface area (Å²) in [6, 6.07) is 15.2. The summed E-state index contributed by atoms with van der Waals surface area (Å²) >= 11 is 0. The summed E-state index contributed by atoms with van der Waals surface area (Å²) in [6.07, 6.45) is 0. The van der Waals surface area contributed by atoms with Gasteiger partial charge in [-0.15, -0.1) is 0 Å². The third-order valence-corrected chi connectivity index (χ3v) is 3.03. The van der Waals surface area contributed by atoms with Crippen molar-refractivity contribution in [3.05, 3.63) is 65.5 Å². The standard InChI is InChI=1S/C16H18FNO/c1-12-10-14(8-9-15(12)17)18-16(11-19-2)13-6-4-3-5-7-13/h3-10,16,18H,11H2,1-2H3. The highest BCUT2D eigenvalue weighted by molar-refractivity contribution is 5.48. The molecular weight excluding hydrogens is 241 g/mol. The molecule has 0 aliphatic rings. The normalized spacial score (nSPS) is 12.2. The number of nitrogens with one attached hydrogen (secondary N) is 1. The molecule has 1 N–H and O–H groups in total. The molecule has 0 aromatic heterocycles. The zero-order valence-electron chi connectivity index (χ0n) is 11.2. The van der Waals surface area contributed by atoms with Crippen LogP contribution in [-0.4, -0.2) is 13.7 Å². The van der Waals surface area contributed by atoms with E-state index in [1.165, 1.54) is 6.07 Å². The Balaban J connectivity index is 2.19. The number of benzene rings is 2. The van der Waals surface area contributed by atoms with Gasteiger partial charge >= 0.3 is 0 Å². The lowest BCUT2D eigenvalue weighted by Gasteiger charge is -2.20. The zero-order chi connectivity index (χ0) is 13.7. The van der Waals surface area contributed by atoms with Gasteiger partial charge in [0.15, 0.2) is 0 Å². The molecule has 2 nitrogen and oxygen atoms in total. The maximum atomic E-state index is 13.3. The van der Waals surface area contributed by atoms with Gasteiger partial charge in [-0.1, -0.05) is 30.3 Å². The number of rotatable bonds is 5. The highest BCUT2D eigenvalue weighted by Crippen LogP contribution is 2.21. The van der Waals surface area contributed by atoms with Crippen molar-refractivity contribution in [2.75, 3.05) is 19.0 Å². The van der Waals surface area contributed by atoms with E-state index in [2.05, 4.69) is 5.32 Å². The van der Waals surface area contributed by atoms with E-state index >= 15 is 0 Å². The second kappa shape index (κ2) is 6.34. The van der Waals surface area contributed by atoms with Crippen molar-refractivity contribution in [1.29, 1.82) is 0 Å². The van der Waals surface area contributed by atoms with Crippen molar-refractivity contribution >= 4 is 5.69 Å². The first-order valence-corrected chi connectivity index (χ1v) is 6.27. The molecule has 0 heterocycles. The van der Waals surface area contributed by atoms with Crippen LogP contribution < -0.4 is 5.32 Å². The van der Waals surface area contributed by atoms with Crippen LogP contribution in [0.4, 0.5) is 10.1 Å². The van der Waals surface area contributed by atoms with Crippen LogP contribution >= 0.6 is 0 Å². The van der Waals surface area contributed by atoms with E-state index in [0.717, 1.165) is 11.3 Å². The fourth-order valence-electron chi connectivity index (χ4n) is 2.01. The Morgan fingerprint density at radius 3 is 2.53 bits per heavy atom. The number of hydrogen-bond donors (Lipinski definition) is 1. The lowest BCUT2D eigenvalue weighted by atomic mass is 10.1. The molecule has 0 spiro atoms.